The van der Waals surface area contributed by atoms with E-state index in [1.54, 1.807) is 53.2 Å². The minimum absolute atomic E-state index is 0.0143. The Kier molecular flexibility index (Phi) is 15.5. The number of pyridine rings is 1. The SMILES string of the molecule is COc1cc(C(F)(F)CCOCCOCCNC(=O)COc2cccc(Cn3cc(-c4c(C)noc4C)ccc3=O)c2)ccc1NCC#Cc1cc2c(C)cccc2n1CC(F)(F)F. The first-order valence-electron chi connectivity index (χ1n) is 20.3. The van der Waals surface area contributed by atoms with Gasteiger partial charge in [-0.25, -0.2) is 8.78 Å². The highest BCUT2D eigenvalue weighted by atomic mass is 19.4. The van der Waals surface area contributed by atoms with E-state index < -0.39 is 25.1 Å². The van der Waals surface area contributed by atoms with E-state index in [2.05, 4.69) is 27.6 Å². The smallest absolute Gasteiger partial charge is 0.406 e. The number of alkyl halides is 5. The average Bonchev–Trinajstić information content (AvgIpc) is 3.78. The van der Waals surface area contributed by atoms with Gasteiger partial charge in [0.25, 0.3) is 17.4 Å². The second-order valence-electron chi connectivity index (χ2n) is 14.9. The molecule has 6 aromatic rings. The zero-order chi connectivity index (χ0) is 45.9. The van der Waals surface area contributed by atoms with Crippen molar-refractivity contribution < 1.29 is 50.2 Å². The molecule has 0 aliphatic rings. The summed E-state index contributed by atoms with van der Waals surface area (Å²) in [5.41, 5.74) is 4.55. The lowest BCUT2D eigenvalue weighted by molar-refractivity contribution is -0.140. The first-order valence-corrected chi connectivity index (χ1v) is 20.3. The summed E-state index contributed by atoms with van der Waals surface area (Å²) in [5, 5.41) is 10.3. The molecule has 0 spiro atoms. The maximum atomic E-state index is 15.1. The summed E-state index contributed by atoms with van der Waals surface area (Å²) >= 11 is 0. The summed E-state index contributed by atoms with van der Waals surface area (Å²) in [7, 11) is 1.34. The molecule has 0 radical (unpaired) electrons. The van der Waals surface area contributed by atoms with E-state index in [1.807, 2.05) is 32.9 Å². The van der Waals surface area contributed by atoms with Crippen molar-refractivity contribution in [3.63, 3.8) is 0 Å². The van der Waals surface area contributed by atoms with Crippen molar-refractivity contribution in [1.82, 2.24) is 19.6 Å². The maximum Gasteiger partial charge on any atom is 0.406 e. The molecule has 1 amide bonds. The van der Waals surface area contributed by atoms with Crippen LogP contribution in [0.3, 0.4) is 0 Å². The van der Waals surface area contributed by atoms with Gasteiger partial charge in [0.1, 0.15) is 23.8 Å². The summed E-state index contributed by atoms with van der Waals surface area (Å²) in [6.07, 6.45) is -3.29. The van der Waals surface area contributed by atoms with Crippen molar-refractivity contribution in [2.45, 2.75) is 52.4 Å². The molecule has 2 N–H and O–H groups in total. The van der Waals surface area contributed by atoms with Gasteiger partial charge in [0.15, 0.2) is 6.61 Å². The number of fused-ring (bicyclic) bond motifs is 1. The predicted octanol–water partition coefficient (Wildman–Crippen LogP) is 8.18. The molecule has 17 heteroatoms. The first kappa shape index (κ1) is 46.9. The van der Waals surface area contributed by atoms with E-state index in [0.717, 1.165) is 32.5 Å². The Balaban J connectivity index is 0.870. The quantitative estimate of drug-likeness (QED) is 0.0443. The van der Waals surface area contributed by atoms with Crippen LogP contribution in [0.1, 0.15) is 40.3 Å². The van der Waals surface area contributed by atoms with Gasteiger partial charge in [0, 0.05) is 52.8 Å². The Bertz CT molecular complexity index is 2660. The molecule has 3 heterocycles. The molecule has 0 fully saturated rings. The Morgan fingerprint density at radius 1 is 0.906 bits per heavy atom. The number of nitrogens with zero attached hydrogens (tertiary/aromatic N) is 3. The van der Waals surface area contributed by atoms with Crippen molar-refractivity contribution >= 4 is 22.5 Å². The number of aryl methyl sites for hydroxylation is 3. The topological polar surface area (TPSA) is 131 Å². The van der Waals surface area contributed by atoms with Gasteiger partial charge in [-0.3, -0.25) is 9.59 Å². The molecule has 3 aromatic carbocycles. The summed E-state index contributed by atoms with van der Waals surface area (Å²) in [4.78, 5) is 25.0. The number of carbonyl (C=O) groups is 1. The summed E-state index contributed by atoms with van der Waals surface area (Å²) < 4.78 is 100. The number of nitrogens with one attached hydrogen (secondary N) is 2. The highest BCUT2D eigenvalue weighted by Gasteiger charge is 2.32. The molecule has 0 aliphatic heterocycles. The number of rotatable bonds is 20. The van der Waals surface area contributed by atoms with Crippen molar-refractivity contribution in [3.8, 4) is 34.5 Å². The van der Waals surface area contributed by atoms with E-state index in [4.69, 9.17) is 23.5 Å². The summed E-state index contributed by atoms with van der Waals surface area (Å²) in [6.45, 7) is 4.62. The molecule has 64 heavy (non-hydrogen) atoms. The molecule has 0 aliphatic carbocycles. The van der Waals surface area contributed by atoms with Crippen molar-refractivity contribution in [3.05, 3.63) is 129 Å². The van der Waals surface area contributed by atoms with Crippen LogP contribution in [0, 0.1) is 32.6 Å². The maximum absolute atomic E-state index is 15.1. The molecule has 0 saturated heterocycles. The van der Waals surface area contributed by atoms with Crippen molar-refractivity contribution in [2.75, 3.05) is 58.6 Å². The van der Waals surface area contributed by atoms with Gasteiger partial charge >= 0.3 is 6.18 Å². The van der Waals surface area contributed by atoms with Crippen LogP contribution >= 0.6 is 0 Å². The normalized spacial score (nSPS) is 11.6. The second kappa shape index (κ2) is 21.2. The number of ether oxygens (including phenoxy) is 4. The second-order valence-corrected chi connectivity index (χ2v) is 14.9. The standard InChI is InChI=1S/C47H48F5N5O7/c1-31-8-5-12-41-39(31)26-37(57(41)30-47(50,51)52)10-7-18-53-40-15-14-36(25-42(40)60-4)46(48,49)17-20-61-22-23-62-21-19-54-43(58)29-63-38-11-6-9-34(24-38)27-56-28-35(13-16-44(56)59)45-32(2)55-64-33(45)3/h5-6,8-9,11-16,24-26,28,53H,17-23,27,29-30H2,1-4H3,(H,54,58). The van der Waals surface area contributed by atoms with E-state index in [0.29, 0.717) is 28.1 Å². The fourth-order valence-electron chi connectivity index (χ4n) is 6.98. The Morgan fingerprint density at radius 3 is 2.44 bits per heavy atom. The number of carbonyl (C=O) groups excluding carboxylic acids is 1. The number of benzene rings is 3. The monoisotopic (exact) mass is 889 g/mol. The van der Waals surface area contributed by atoms with Crippen LogP contribution in [0.2, 0.25) is 0 Å². The number of hydrogen-bond donors (Lipinski definition) is 2. The lowest BCUT2D eigenvalue weighted by atomic mass is 10.0. The highest BCUT2D eigenvalue weighted by molar-refractivity contribution is 5.85. The zero-order valence-electron chi connectivity index (χ0n) is 35.7. The summed E-state index contributed by atoms with van der Waals surface area (Å²) in [6, 6.07) is 21.0. The molecule has 0 atom stereocenters. The Hall–Kier alpha value is -6.64. The lowest BCUT2D eigenvalue weighted by Gasteiger charge is -2.19. The number of aromatic nitrogens is 3. The average molecular weight is 890 g/mol. The number of halogens is 5. The molecule has 6 rings (SSSR count). The van der Waals surface area contributed by atoms with Gasteiger partial charge in [0.05, 0.1) is 63.7 Å². The minimum atomic E-state index is -4.44. The van der Waals surface area contributed by atoms with Gasteiger partial charge in [-0.1, -0.05) is 41.4 Å². The predicted molar refractivity (Wildman–Crippen MR) is 231 cm³/mol. The van der Waals surface area contributed by atoms with E-state index >= 15 is 8.78 Å². The van der Waals surface area contributed by atoms with Gasteiger partial charge in [0.2, 0.25) is 0 Å². The van der Waals surface area contributed by atoms with Crippen molar-refractivity contribution in [1.29, 1.82) is 0 Å². The third kappa shape index (κ3) is 12.5. The Morgan fingerprint density at radius 2 is 1.69 bits per heavy atom. The lowest BCUT2D eigenvalue weighted by Crippen LogP contribution is -2.32. The number of methoxy groups -OCH3 is 1. The van der Waals surface area contributed by atoms with Crippen LogP contribution < -0.4 is 25.7 Å². The van der Waals surface area contributed by atoms with E-state index in [9.17, 15) is 22.8 Å². The van der Waals surface area contributed by atoms with Crippen molar-refractivity contribution in [2.24, 2.45) is 0 Å². The number of hydrogen-bond acceptors (Lipinski definition) is 9. The molecule has 338 valence electrons. The molecular weight excluding hydrogens is 842 g/mol. The molecule has 3 aromatic heterocycles. The van der Waals surface area contributed by atoms with Crippen LogP contribution in [0.4, 0.5) is 27.6 Å². The van der Waals surface area contributed by atoms with Crippen LogP contribution in [0.25, 0.3) is 22.0 Å². The van der Waals surface area contributed by atoms with Gasteiger partial charge in [-0.15, -0.1) is 0 Å². The van der Waals surface area contributed by atoms with Crippen LogP contribution in [0.5, 0.6) is 11.5 Å². The highest BCUT2D eigenvalue weighted by Crippen LogP contribution is 2.37. The molecule has 0 bridgehead atoms. The molecule has 0 unspecified atom stereocenters. The number of amides is 1. The molecule has 0 saturated carbocycles. The largest absolute Gasteiger partial charge is 0.495 e. The van der Waals surface area contributed by atoms with Crippen LogP contribution in [0.15, 0.2) is 94.4 Å². The Labute approximate surface area is 366 Å². The zero-order valence-corrected chi connectivity index (χ0v) is 35.7. The fraction of sp³-hybridized carbons (Fsp3) is 0.340. The van der Waals surface area contributed by atoms with Gasteiger partial charge in [-0.05, 0) is 80.3 Å². The van der Waals surface area contributed by atoms with Crippen LogP contribution in [-0.4, -0.2) is 79.6 Å². The van der Waals surface area contributed by atoms with Gasteiger partial charge in [-0.2, -0.15) is 13.2 Å². The molecular formula is C47H48F5N5O7. The summed E-state index contributed by atoms with van der Waals surface area (Å²) in [5.74, 6) is 3.27. The number of anilines is 1. The van der Waals surface area contributed by atoms with E-state index in [1.165, 1.54) is 31.4 Å². The third-order valence-corrected chi connectivity index (χ3v) is 10.1. The minimum Gasteiger partial charge on any atom is -0.495 e. The van der Waals surface area contributed by atoms with Gasteiger partial charge < -0.3 is 43.2 Å². The first-order chi connectivity index (χ1) is 30.6. The third-order valence-electron chi connectivity index (χ3n) is 10.1. The van der Waals surface area contributed by atoms with Crippen LogP contribution in [-0.2, 0) is 33.3 Å². The molecule has 12 nitrogen and oxygen atoms in total. The fourth-order valence-corrected chi connectivity index (χ4v) is 6.98. The van der Waals surface area contributed by atoms with E-state index in [-0.39, 0.29) is 81.1 Å².